The molecule has 1 aliphatic rings. The Bertz CT molecular complexity index is 786. The molecule has 1 aliphatic heterocycles. The van der Waals surface area contributed by atoms with Gasteiger partial charge in [-0.1, -0.05) is 6.07 Å². The second kappa shape index (κ2) is 12.0. The van der Waals surface area contributed by atoms with Gasteiger partial charge in [0.1, 0.15) is 23.2 Å². The molecule has 9 N–H and O–H groups in total. The smallest absolute Gasteiger partial charge is 0.451 e. The van der Waals surface area contributed by atoms with Crippen LogP contribution in [0.25, 0.3) is 0 Å². The lowest BCUT2D eigenvalue weighted by Gasteiger charge is -2.40. The van der Waals surface area contributed by atoms with Gasteiger partial charge in [-0.3, -0.25) is 9.69 Å². The van der Waals surface area contributed by atoms with Gasteiger partial charge < -0.3 is 46.3 Å². The maximum atomic E-state index is 12.0. The number of carboxylic acid groups (broad SMARTS) is 1. The molecule has 13 heteroatoms. The summed E-state index contributed by atoms with van der Waals surface area (Å²) in [5.74, 6) is -2.72. The minimum Gasteiger partial charge on any atom is -0.507 e. The van der Waals surface area contributed by atoms with Crippen LogP contribution < -0.4 is 15.8 Å². The molecule has 0 saturated carbocycles. The molecule has 0 bridgehead atoms. The molecule has 1 amide bonds. The summed E-state index contributed by atoms with van der Waals surface area (Å²) in [7, 11) is -1.57. The number of hydrogen-bond acceptors (Lipinski definition) is 10. The Morgan fingerprint density at radius 3 is 2.47 bits per heavy atom. The maximum Gasteiger partial charge on any atom is 0.451 e. The molecule has 0 aromatic heterocycles. The van der Waals surface area contributed by atoms with E-state index in [1.807, 2.05) is 4.90 Å². The number of carboxylic acids is 1. The fourth-order valence-electron chi connectivity index (χ4n) is 3.26. The number of aromatic hydroxyl groups is 1. The summed E-state index contributed by atoms with van der Waals surface area (Å²) in [4.78, 5) is 25.5. The van der Waals surface area contributed by atoms with Crippen molar-refractivity contribution in [3.05, 3.63) is 23.3 Å². The molecule has 1 atom stereocenters. The molecule has 1 saturated heterocycles. The van der Waals surface area contributed by atoms with E-state index in [9.17, 15) is 19.8 Å². The van der Waals surface area contributed by atoms with E-state index >= 15 is 0 Å². The van der Waals surface area contributed by atoms with Crippen molar-refractivity contribution in [1.82, 2.24) is 10.2 Å². The Morgan fingerprint density at radius 1 is 1.25 bits per heavy atom. The van der Waals surface area contributed by atoms with Crippen LogP contribution in [0.3, 0.4) is 0 Å². The van der Waals surface area contributed by atoms with E-state index in [1.54, 1.807) is 0 Å². The van der Waals surface area contributed by atoms with E-state index < -0.39 is 42.3 Å². The molecule has 178 valence electrons. The zero-order valence-corrected chi connectivity index (χ0v) is 17.6. The summed E-state index contributed by atoms with van der Waals surface area (Å²) in [6.45, 7) is 0.642. The number of carbonyl (C=O) groups excluding carboxylic acids is 1. The van der Waals surface area contributed by atoms with Gasteiger partial charge in [0.05, 0.1) is 6.04 Å². The minimum absolute atomic E-state index is 0.00552. The first-order valence-corrected chi connectivity index (χ1v) is 10.2. The number of nitrogens with two attached hydrogens (primary N) is 1. The van der Waals surface area contributed by atoms with Gasteiger partial charge in [0.2, 0.25) is 5.91 Å². The number of hydrogen-bond donors (Lipinski definition) is 8. The third-order valence-corrected chi connectivity index (χ3v) is 5.20. The molecule has 32 heavy (non-hydrogen) atoms. The van der Waals surface area contributed by atoms with Gasteiger partial charge in [-0.2, -0.15) is 0 Å². The number of aromatic carboxylic acids is 1. The number of carbonyl (C=O) groups is 2. The highest BCUT2D eigenvalue weighted by Gasteiger charge is 2.33. The minimum atomic E-state index is -1.57. The fraction of sp³-hybridized carbons (Fsp3) is 0.579. The van der Waals surface area contributed by atoms with Crippen LogP contribution in [0.2, 0.25) is 6.32 Å². The van der Waals surface area contributed by atoms with E-state index in [0.717, 1.165) is 0 Å². The van der Waals surface area contributed by atoms with Gasteiger partial charge in [0.25, 0.3) is 0 Å². The second-order valence-corrected chi connectivity index (χ2v) is 7.81. The first-order chi connectivity index (χ1) is 15.2. The van der Waals surface area contributed by atoms with Crippen LogP contribution in [0.1, 0.15) is 15.9 Å². The molecule has 1 aromatic rings. The third-order valence-electron chi connectivity index (χ3n) is 5.20. The number of likely N-dealkylation sites (tertiary alicyclic amines) is 1. The average molecular weight is 455 g/mol. The van der Waals surface area contributed by atoms with Crippen molar-refractivity contribution in [3.63, 3.8) is 0 Å². The normalized spacial score (nSPS) is 15.3. The number of aliphatic hydroxyl groups excluding tert-OH is 2. The van der Waals surface area contributed by atoms with Crippen molar-refractivity contribution >= 4 is 19.0 Å². The van der Waals surface area contributed by atoms with Gasteiger partial charge in [-0.25, -0.2) is 4.79 Å². The van der Waals surface area contributed by atoms with Crippen molar-refractivity contribution in [3.8, 4) is 11.5 Å². The molecular weight excluding hydrogens is 425 g/mol. The molecule has 1 heterocycles. The SMILES string of the molecule is NC(CN1CC(Oc2ccc(CCB(O)O)c(O)c2C(=O)O)C1)C(=O)NCC(CO)CO. The predicted octanol–water partition coefficient (Wildman–Crippen LogP) is -2.79. The number of nitrogens with one attached hydrogen (secondary N) is 1. The molecule has 1 aromatic carbocycles. The Kier molecular flexibility index (Phi) is 9.69. The second-order valence-electron chi connectivity index (χ2n) is 7.81. The molecule has 0 radical (unpaired) electrons. The summed E-state index contributed by atoms with van der Waals surface area (Å²) in [5, 5.41) is 58.3. The summed E-state index contributed by atoms with van der Waals surface area (Å²) >= 11 is 0. The predicted molar refractivity (Wildman–Crippen MR) is 113 cm³/mol. The van der Waals surface area contributed by atoms with Crippen molar-refractivity contribution in [1.29, 1.82) is 0 Å². The highest BCUT2D eigenvalue weighted by molar-refractivity contribution is 6.41. The number of aliphatic hydroxyl groups is 2. The first kappa shape index (κ1) is 25.8. The number of amides is 1. The Hall–Kier alpha value is -2.42. The van der Waals surface area contributed by atoms with E-state index in [2.05, 4.69) is 5.32 Å². The highest BCUT2D eigenvalue weighted by Crippen LogP contribution is 2.33. The third kappa shape index (κ3) is 7.05. The van der Waals surface area contributed by atoms with Gasteiger partial charge >= 0.3 is 13.1 Å². The molecule has 0 aliphatic carbocycles. The zero-order chi connectivity index (χ0) is 23.8. The van der Waals surface area contributed by atoms with Crippen LogP contribution in [0, 0.1) is 5.92 Å². The number of ether oxygens (including phenoxy) is 1. The summed E-state index contributed by atoms with van der Waals surface area (Å²) in [6.07, 6.45) is -0.335. The van der Waals surface area contributed by atoms with Crippen molar-refractivity contribution in [2.24, 2.45) is 11.7 Å². The molecular formula is C19H30BN3O9. The lowest BCUT2D eigenvalue weighted by Crippen LogP contribution is -2.59. The fourth-order valence-corrected chi connectivity index (χ4v) is 3.26. The van der Waals surface area contributed by atoms with Crippen LogP contribution in [0.5, 0.6) is 11.5 Å². The quantitative estimate of drug-likeness (QED) is 0.143. The number of aryl methyl sites for hydroxylation is 1. The van der Waals surface area contributed by atoms with Gasteiger partial charge in [-0.15, -0.1) is 0 Å². The first-order valence-electron chi connectivity index (χ1n) is 10.2. The highest BCUT2D eigenvalue weighted by atomic mass is 16.5. The number of nitrogens with zero attached hydrogens (tertiary/aromatic N) is 1. The van der Waals surface area contributed by atoms with E-state index in [1.165, 1.54) is 12.1 Å². The van der Waals surface area contributed by atoms with Crippen molar-refractivity contribution in [2.75, 3.05) is 39.4 Å². The molecule has 1 fully saturated rings. The average Bonchev–Trinajstić information content (AvgIpc) is 2.71. The summed E-state index contributed by atoms with van der Waals surface area (Å²) in [6, 6.07) is 2.07. The van der Waals surface area contributed by atoms with Gasteiger partial charge in [-0.05, 0) is 24.4 Å². The lowest BCUT2D eigenvalue weighted by atomic mass is 9.82. The zero-order valence-electron chi connectivity index (χ0n) is 17.6. The van der Waals surface area contributed by atoms with Crippen LogP contribution in [0.4, 0.5) is 0 Å². The Labute approximate surface area is 185 Å². The molecule has 1 unspecified atom stereocenters. The number of phenols is 1. The summed E-state index contributed by atoms with van der Waals surface area (Å²) < 4.78 is 5.71. The van der Waals surface area contributed by atoms with Crippen LogP contribution in [0.15, 0.2) is 12.1 Å². The van der Waals surface area contributed by atoms with E-state index in [-0.39, 0.29) is 56.5 Å². The lowest BCUT2D eigenvalue weighted by molar-refractivity contribution is -0.123. The summed E-state index contributed by atoms with van der Waals surface area (Å²) in [5.41, 5.74) is 5.75. The topological polar surface area (TPSA) is 206 Å². The van der Waals surface area contributed by atoms with Gasteiger partial charge in [0.15, 0.2) is 0 Å². The van der Waals surface area contributed by atoms with E-state index in [4.69, 9.17) is 30.7 Å². The van der Waals surface area contributed by atoms with Crippen LogP contribution >= 0.6 is 0 Å². The van der Waals surface area contributed by atoms with Crippen molar-refractivity contribution < 1.29 is 44.8 Å². The Morgan fingerprint density at radius 2 is 1.91 bits per heavy atom. The molecule has 0 spiro atoms. The number of rotatable bonds is 13. The standard InChI is InChI=1S/C19H30BN3O9/c21-14(18(27)22-5-11(9-24)10-25)8-23-6-13(7-23)32-15-2-1-12(3-4-20(30)31)17(26)16(15)19(28)29/h1-2,11,13-14,24-26,30-31H,3-10,21H2,(H,22,27)(H,28,29). The van der Waals surface area contributed by atoms with Crippen molar-refractivity contribution in [2.45, 2.75) is 24.9 Å². The maximum absolute atomic E-state index is 12.0. The molecule has 2 rings (SSSR count). The number of benzene rings is 1. The van der Waals surface area contributed by atoms with Crippen LogP contribution in [-0.2, 0) is 11.2 Å². The van der Waals surface area contributed by atoms with Gasteiger partial charge in [0, 0.05) is 45.3 Å². The monoisotopic (exact) mass is 455 g/mol. The Balaban J connectivity index is 1.87. The molecule has 12 nitrogen and oxygen atoms in total. The van der Waals surface area contributed by atoms with E-state index in [0.29, 0.717) is 13.1 Å². The van der Waals surface area contributed by atoms with Crippen LogP contribution in [-0.4, -0.2) is 106 Å². The largest absolute Gasteiger partial charge is 0.507 e.